The van der Waals surface area contributed by atoms with Crippen LogP contribution in [0.1, 0.15) is 34.5 Å². The lowest BCUT2D eigenvalue weighted by atomic mass is 9.95. The summed E-state index contributed by atoms with van der Waals surface area (Å²) in [5, 5.41) is 4.29. The minimum absolute atomic E-state index is 0.110. The molecule has 0 aliphatic heterocycles. The van der Waals surface area contributed by atoms with E-state index in [1.54, 1.807) is 19.2 Å². The molecule has 1 amide bonds. The minimum atomic E-state index is -0.110. The summed E-state index contributed by atoms with van der Waals surface area (Å²) in [5.74, 6) is 0.569. The molecule has 0 atom stereocenters. The van der Waals surface area contributed by atoms with Crippen molar-refractivity contribution in [2.75, 3.05) is 25.7 Å². The van der Waals surface area contributed by atoms with E-state index in [0.29, 0.717) is 18.0 Å². The van der Waals surface area contributed by atoms with Gasteiger partial charge in [-0.2, -0.15) is 0 Å². The van der Waals surface area contributed by atoms with E-state index in [9.17, 15) is 4.79 Å². The molecule has 27 heavy (non-hydrogen) atoms. The van der Waals surface area contributed by atoms with E-state index in [-0.39, 0.29) is 5.91 Å². The molecule has 0 saturated heterocycles. The Morgan fingerprint density at radius 2 is 2.04 bits per heavy atom. The maximum Gasteiger partial charge on any atom is 0.252 e. The summed E-state index contributed by atoms with van der Waals surface area (Å²) in [7, 11) is 3.59. The summed E-state index contributed by atoms with van der Waals surface area (Å²) in [6.07, 6.45) is 4.82. The van der Waals surface area contributed by atoms with Crippen molar-refractivity contribution in [3.8, 4) is 5.75 Å². The number of nitrogens with one attached hydrogen (secondary N) is 2. The number of aromatic nitrogens is 1. The van der Waals surface area contributed by atoms with Crippen molar-refractivity contribution in [3.63, 3.8) is 0 Å². The summed E-state index contributed by atoms with van der Waals surface area (Å²) in [5.41, 5.74) is 5.76. The topological polar surface area (TPSA) is 57.4 Å². The Hall–Kier alpha value is -2.95. The molecule has 0 radical (unpaired) electrons. The number of aromatic amines is 1. The van der Waals surface area contributed by atoms with Crippen LogP contribution in [-0.4, -0.2) is 31.7 Å². The number of methoxy groups -OCH3 is 1. The number of benzene rings is 2. The Labute approximate surface area is 159 Å². The molecule has 2 N–H and O–H groups in total. The van der Waals surface area contributed by atoms with E-state index >= 15 is 0 Å². The number of H-pyrrole nitrogens is 1. The molecule has 2 aromatic carbocycles. The minimum Gasteiger partial charge on any atom is -0.497 e. The maximum absolute atomic E-state index is 12.4. The molecule has 3 aromatic rings. The van der Waals surface area contributed by atoms with Gasteiger partial charge in [-0.15, -0.1) is 0 Å². The number of aryl methyl sites for hydroxylation is 2. The highest BCUT2D eigenvalue weighted by Crippen LogP contribution is 2.31. The third kappa shape index (κ3) is 3.50. The van der Waals surface area contributed by atoms with Crippen LogP contribution < -0.4 is 15.0 Å². The molecule has 4 rings (SSSR count). The zero-order chi connectivity index (χ0) is 18.8. The molecule has 5 nitrogen and oxygen atoms in total. The zero-order valence-electron chi connectivity index (χ0n) is 15.8. The fourth-order valence-electron chi connectivity index (χ4n) is 3.78. The zero-order valence-corrected chi connectivity index (χ0v) is 15.8. The molecule has 1 heterocycles. The van der Waals surface area contributed by atoms with Crippen molar-refractivity contribution in [3.05, 3.63) is 59.3 Å². The number of anilines is 1. The maximum atomic E-state index is 12.4. The summed E-state index contributed by atoms with van der Waals surface area (Å²) >= 11 is 0. The van der Waals surface area contributed by atoms with Gasteiger partial charge in [0.05, 0.1) is 13.8 Å². The van der Waals surface area contributed by atoms with E-state index in [1.807, 2.05) is 19.2 Å². The fourth-order valence-corrected chi connectivity index (χ4v) is 3.78. The van der Waals surface area contributed by atoms with E-state index in [2.05, 4.69) is 33.4 Å². The van der Waals surface area contributed by atoms with Crippen LogP contribution in [0.15, 0.2) is 42.5 Å². The van der Waals surface area contributed by atoms with Gasteiger partial charge in [0, 0.05) is 34.9 Å². The van der Waals surface area contributed by atoms with Crippen LogP contribution in [0.4, 0.5) is 5.69 Å². The van der Waals surface area contributed by atoms with E-state index in [4.69, 9.17) is 4.74 Å². The molecular formula is C22H25N3O2. The highest BCUT2D eigenvalue weighted by Gasteiger charge is 2.16. The molecule has 140 valence electrons. The third-order valence-corrected chi connectivity index (χ3v) is 5.33. The second-order valence-corrected chi connectivity index (χ2v) is 7.11. The van der Waals surface area contributed by atoms with Gasteiger partial charge in [0.15, 0.2) is 0 Å². The third-order valence-electron chi connectivity index (χ3n) is 5.33. The average molecular weight is 363 g/mol. The number of hydrogen-bond donors (Lipinski definition) is 2. The Bertz CT molecular complexity index is 977. The van der Waals surface area contributed by atoms with Crippen molar-refractivity contribution in [2.45, 2.75) is 25.7 Å². The monoisotopic (exact) mass is 363 g/mol. The van der Waals surface area contributed by atoms with Crippen molar-refractivity contribution >= 4 is 22.5 Å². The number of carbonyl (C=O) groups is 1. The summed E-state index contributed by atoms with van der Waals surface area (Å²) in [4.78, 5) is 18.0. The molecule has 0 fully saturated rings. The van der Waals surface area contributed by atoms with Gasteiger partial charge in [-0.3, -0.25) is 4.79 Å². The first-order chi connectivity index (χ1) is 13.2. The van der Waals surface area contributed by atoms with Gasteiger partial charge in [-0.25, -0.2) is 0 Å². The van der Waals surface area contributed by atoms with Crippen molar-refractivity contribution in [2.24, 2.45) is 0 Å². The number of nitrogens with zero attached hydrogens (tertiary/aromatic N) is 1. The number of amides is 1. The van der Waals surface area contributed by atoms with Gasteiger partial charge in [-0.1, -0.05) is 6.07 Å². The van der Waals surface area contributed by atoms with Gasteiger partial charge in [-0.05, 0) is 67.6 Å². The average Bonchev–Trinajstić information content (AvgIpc) is 3.09. The molecule has 0 bridgehead atoms. The van der Waals surface area contributed by atoms with Crippen molar-refractivity contribution < 1.29 is 9.53 Å². The summed E-state index contributed by atoms with van der Waals surface area (Å²) in [6.45, 7) is 0.439. The molecule has 0 unspecified atom stereocenters. The van der Waals surface area contributed by atoms with Crippen LogP contribution in [0.25, 0.3) is 10.9 Å². The van der Waals surface area contributed by atoms with Crippen molar-refractivity contribution in [1.82, 2.24) is 10.3 Å². The highest BCUT2D eigenvalue weighted by atomic mass is 16.5. The van der Waals surface area contributed by atoms with Gasteiger partial charge in [0.1, 0.15) is 5.75 Å². The van der Waals surface area contributed by atoms with E-state index < -0.39 is 0 Å². The Balaban J connectivity index is 1.47. The SMILES string of the molecule is COc1cccc(C(=O)NCN(C)c2ccc3[nH]c4c(c3c2)CCCC4)c1. The van der Waals surface area contributed by atoms with Crippen LogP contribution in [0.5, 0.6) is 5.75 Å². The molecular weight excluding hydrogens is 338 g/mol. The van der Waals surface area contributed by atoms with Gasteiger partial charge >= 0.3 is 0 Å². The van der Waals surface area contributed by atoms with Gasteiger partial charge in [0.25, 0.3) is 5.91 Å². The molecule has 0 spiro atoms. The van der Waals surface area contributed by atoms with Crippen LogP contribution >= 0.6 is 0 Å². The van der Waals surface area contributed by atoms with Crippen LogP contribution in [-0.2, 0) is 12.8 Å². The molecule has 1 aliphatic carbocycles. The second kappa shape index (κ2) is 7.35. The smallest absolute Gasteiger partial charge is 0.252 e. The van der Waals surface area contributed by atoms with E-state index in [0.717, 1.165) is 18.5 Å². The van der Waals surface area contributed by atoms with Gasteiger partial charge < -0.3 is 19.9 Å². The molecule has 0 saturated carbocycles. The van der Waals surface area contributed by atoms with Crippen molar-refractivity contribution in [1.29, 1.82) is 0 Å². The lowest BCUT2D eigenvalue weighted by Crippen LogP contribution is -2.35. The van der Waals surface area contributed by atoms with E-state index in [1.165, 1.54) is 35.0 Å². The predicted octanol–water partition coefficient (Wildman–Crippen LogP) is 3.88. The second-order valence-electron chi connectivity index (χ2n) is 7.11. The summed E-state index contributed by atoms with van der Waals surface area (Å²) in [6, 6.07) is 13.7. The number of hydrogen-bond acceptors (Lipinski definition) is 3. The normalized spacial score (nSPS) is 13.3. The largest absolute Gasteiger partial charge is 0.497 e. The fraction of sp³-hybridized carbons (Fsp3) is 0.318. The predicted molar refractivity (Wildman–Crippen MR) is 109 cm³/mol. The Kier molecular flexibility index (Phi) is 4.75. The lowest BCUT2D eigenvalue weighted by molar-refractivity contribution is 0.0953. The van der Waals surface area contributed by atoms with Gasteiger partial charge in [0.2, 0.25) is 0 Å². The Morgan fingerprint density at radius 3 is 2.89 bits per heavy atom. The number of rotatable bonds is 5. The molecule has 1 aromatic heterocycles. The van der Waals surface area contributed by atoms with Crippen LogP contribution in [0, 0.1) is 0 Å². The first kappa shape index (κ1) is 17.5. The Morgan fingerprint density at radius 1 is 1.19 bits per heavy atom. The molecule has 1 aliphatic rings. The first-order valence-corrected chi connectivity index (χ1v) is 9.42. The summed E-state index contributed by atoms with van der Waals surface area (Å²) < 4.78 is 5.19. The highest BCUT2D eigenvalue weighted by molar-refractivity contribution is 5.94. The number of ether oxygens (including phenoxy) is 1. The van der Waals surface area contributed by atoms with Crippen LogP contribution in [0.3, 0.4) is 0 Å². The van der Waals surface area contributed by atoms with Crippen LogP contribution in [0.2, 0.25) is 0 Å². The standard InChI is InChI=1S/C22H25N3O2/c1-25(14-23-22(26)15-6-5-7-17(12-15)27-2)16-10-11-21-19(13-16)18-8-3-4-9-20(18)24-21/h5-7,10-13,24H,3-4,8-9,14H2,1-2H3,(H,23,26). The quantitative estimate of drug-likeness (QED) is 0.677. The first-order valence-electron chi connectivity index (χ1n) is 9.42. The number of carbonyl (C=O) groups excluding carboxylic acids is 1. The lowest BCUT2D eigenvalue weighted by Gasteiger charge is -2.20. The number of fused-ring (bicyclic) bond motifs is 3. The molecule has 5 heteroatoms.